The van der Waals surface area contributed by atoms with Gasteiger partial charge in [-0.05, 0) is 19.5 Å². The monoisotopic (exact) mass is 288 g/mol. The van der Waals surface area contributed by atoms with Crippen LogP contribution in [0.3, 0.4) is 0 Å². The fraction of sp³-hybridized carbons (Fsp3) is 0.200. The smallest absolute Gasteiger partial charge is 0.164 e. The zero-order valence-electron chi connectivity index (χ0n) is 11.6. The normalized spacial score (nSPS) is 12.8. The molecule has 0 saturated carbocycles. The van der Waals surface area contributed by atoms with Gasteiger partial charge in [0.2, 0.25) is 0 Å². The highest BCUT2D eigenvalue weighted by molar-refractivity contribution is 5.55. The Balaban J connectivity index is 2.17. The number of nitrogens with zero attached hydrogens (tertiary/aromatic N) is 3. The summed E-state index contributed by atoms with van der Waals surface area (Å²) in [7, 11) is 1.70. The standard InChI is InChI=1S/C15H14F2N4/c1-9-3-4-10(14(17)13(9)16)15(18-2)11-7-20-21-6-5-19-8-12(11)21/h3-8,15,18H,1-2H3. The topological polar surface area (TPSA) is 42.2 Å². The molecule has 3 rings (SSSR count). The Labute approximate surface area is 120 Å². The first-order valence-electron chi connectivity index (χ1n) is 6.52. The molecule has 1 aromatic carbocycles. The van der Waals surface area contributed by atoms with Crippen LogP contribution in [-0.2, 0) is 0 Å². The van der Waals surface area contributed by atoms with E-state index in [9.17, 15) is 8.78 Å². The molecule has 2 aromatic heterocycles. The lowest BCUT2D eigenvalue weighted by Gasteiger charge is -2.17. The molecule has 0 aliphatic carbocycles. The van der Waals surface area contributed by atoms with Gasteiger partial charge in [-0.2, -0.15) is 5.10 Å². The first-order valence-corrected chi connectivity index (χ1v) is 6.52. The summed E-state index contributed by atoms with van der Waals surface area (Å²) in [5.74, 6) is -1.65. The predicted octanol–water partition coefficient (Wildman–Crippen LogP) is 2.62. The average molecular weight is 288 g/mol. The molecule has 4 nitrogen and oxygen atoms in total. The van der Waals surface area contributed by atoms with Crippen molar-refractivity contribution in [3.8, 4) is 0 Å². The highest BCUT2D eigenvalue weighted by atomic mass is 19.2. The number of hydrogen-bond acceptors (Lipinski definition) is 3. The highest BCUT2D eigenvalue weighted by Gasteiger charge is 2.22. The van der Waals surface area contributed by atoms with Gasteiger partial charge in [-0.3, -0.25) is 4.98 Å². The van der Waals surface area contributed by atoms with Crippen molar-refractivity contribution >= 4 is 5.52 Å². The number of hydrogen-bond donors (Lipinski definition) is 1. The second-order valence-corrected chi connectivity index (χ2v) is 4.83. The minimum absolute atomic E-state index is 0.249. The van der Waals surface area contributed by atoms with Crippen LogP contribution in [-0.4, -0.2) is 21.6 Å². The molecular weight excluding hydrogens is 274 g/mol. The SMILES string of the molecule is CNC(c1ccc(C)c(F)c1F)c1cnn2ccncc12. The van der Waals surface area contributed by atoms with Crippen LogP contribution < -0.4 is 5.32 Å². The van der Waals surface area contributed by atoms with E-state index in [1.165, 1.54) is 6.92 Å². The summed E-state index contributed by atoms with van der Waals surface area (Å²) in [6, 6.07) is 2.67. The molecule has 1 unspecified atom stereocenters. The second kappa shape index (κ2) is 5.21. The minimum atomic E-state index is -0.836. The van der Waals surface area contributed by atoms with Crippen LogP contribution in [0.15, 0.2) is 36.9 Å². The van der Waals surface area contributed by atoms with E-state index in [1.807, 2.05) is 0 Å². The maximum Gasteiger partial charge on any atom is 0.164 e. The van der Waals surface area contributed by atoms with Crippen molar-refractivity contribution in [3.05, 3.63) is 65.2 Å². The van der Waals surface area contributed by atoms with Crippen molar-refractivity contribution in [1.29, 1.82) is 0 Å². The summed E-state index contributed by atoms with van der Waals surface area (Å²) in [5, 5.41) is 7.22. The summed E-state index contributed by atoms with van der Waals surface area (Å²) >= 11 is 0. The van der Waals surface area contributed by atoms with E-state index in [2.05, 4.69) is 15.4 Å². The summed E-state index contributed by atoms with van der Waals surface area (Å²) in [5.41, 5.74) is 2.02. The summed E-state index contributed by atoms with van der Waals surface area (Å²) in [6.07, 6.45) is 6.60. The fourth-order valence-electron chi connectivity index (χ4n) is 2.44. The molecule has 0 saturated heterocycles. The van der Waals surface area contributed by atoms with Gasteiger partial charge in [0.25, 0.3) is 0 Å². The molecule has 0 radical (unpaired) electrons. The van der Waals surface area contributed by atoms with Crippen LogP contribution in [0.2, 0.25) is 0 Å². The van der Waals surface area contributed by atoms with E-state index in [-0.39, 0.29) is 11.1 Å². The third kappa shape index (κ3) is 2.17. The van der Waals surface area contributed by atoms with Gasteiger partial charge in [-0.15, -0.1) is 0 Å². The third-order valence-corrected chi connectivity index (χ3v) is 3.57. The van der Waals surface area contributed by atoms with Gasteiger partial charge >= 0.3 is 0 Å². The molecule has 0 bridgehead atoms. The molecule has 3 aromatic rings. The maximum atomic E-state index is 14.2. The Morgan fingerprint density at radius 2 is 1.95 bits per heavy atom. The van der Waals surface area contributed by atoms with Crippen molar-refractivity contribution in [2.24, 2.45) is 0 Å². The number of benzene rings is 1. The molecule has 0 amide bonds. The number of aromatic nitrogens is 3. The lowest BCUT2D eigenvalue weighted by atomic mass is 9.98. The highest BCUT2D eigenvalue weighted by Crippen LogP contribution is 2.28. The van der Waals surface area contributed by atoms with Crippen LogP contribution in [0.25, 0.3) is 5.52 Å². The Kier molecular flexibility index (Phi) is 3.39. The van der Waals surface area contributed by atoms with E-state index < -0.39 is 17.7 Å². The molecule has 1 N–H and O–H groups in total. The first kappa shape index (κ1) is 13.6. The largest absolute Gasteiger partial charge is 0.309 e. The molecule has 0 aliphatic heterocycles. The zero-order valence-corrected chi connectivity index (χ0v) is 11.6. The van der Waals surface area contributed by atoms with Gasteiger partial charge in [-0.25, -0.2) is 13.3 Å². The Morgan fingerprint density at radius 3 is 2.71 bits per heavy atom. The zero-order chi connectivity index (χ0) is 15.0. The van der Waals surface area contributed by atoms with E-state index in [1.54, 1.807) is 48.5 Å². The third-order valence-electron chi connectivity index (χ3n) is 3.57. The van der Waals surface area contributed by atoms with Gasteiger partial charge in [0, 0.05) is 23.5 Å². The molecule has 21 heavy (non-hydrogen) atoms. The van der Waals surface area contributed by atoms with Gasteiger partial charge < -0.3 is 5.32 Å². The molecule has 0 spiro atoms. The lowest BCUT2D eigenvalue weighted by molar-refractivity contribution is 0.483. The molecule has 6 heteroatoms. The Bertz CT molecular complexity index is 797. The van der Waals surface area contributed by atoms with E-state index in [0.29, 0.717) is 0 Å². The van der Waals surface area contributed by atoms with Crippen LogP contribution in [0.5, 0.6) is 0 Å². The first-order chi connectivity index (χ1) is 10.1. The van der Waals surface area contributed by atoms with Gasteiger partial charge in [-0.1, -0.05) is 12.1 Å². The van der Waals surface area contributed by atoms with Gasteiger partial charge in [0.1, 0.15) is 0 Å². The lowest BCUT2D eigenvalue weighted by Crippen LogP contribution is -2.19. The molecule has 2 heterocycles. The number of rotatable bonds is 3. The van der Waals surface area contributed by atoms with Crippen molar-refractivity contribution in [3.63, 3.8) is 0 Å². The van der Waals surface area contributed by atoms with Crippen LogP contribution >= 0.6 is 0 Å². The van der Waals surface area contributed by atoms with Crippen LogP contribution in [0, 0.1) is 18.6 Å². The van der Waals surface area contributed by atoms with Crippen LogP contribution in [0.4, 0.5) is 8.78 Å². The summed E-state index contributed by atoms with van der Waals surface area (Å²) < 4.78 is 29.7. The van der Waals surface area contributed by atoms with Crippen LogP contribution in [0.1, 0.15) is 22.7 Å². The molecule has 0 fully saturated rings. The van der Waals surface area contributed by atoms with Crippen molar-refractivity contribution < 1.29 is 8.78 Å². The molecule has 0 aliphatic rings. The number of nitrogens with one attached hydrogen (secondary N) is 1. The number of aryl methyl sites for hydroxylation is 1. The number of fused-ring (bicyclic) bond motifs is 1. The van der Waals surface area contributed by atoms with E-state index in [0.717, 1.165) is 11.1 Å². The summed E-state index contributed by atoms with van der Waals surface area (Å²) in [4.78, 5) is 4.05. The maximum absolute atomic E-state index is 14.2. The van der Waals surface area contributed by atoms with E-state index in [4.69, 9.17) is 0 Å². The Morgan fingerprint density at radius 1 is 1.14 bits per heavy atom. The minimum Gasteiger partial charge on any atom is -0.309 e. The van der Waals surface area contributed by atoms with Gasteiger partial charge in [0.05, 0.1) is 24.0 Å². The van der Waals surface area contributed by atoms with Crippen molar-refractivity contribution in [2.45, 2.75) is 13.0 Å². The molecular formula is C15H14F2N4. The predicted molar refractivity (Wildman–Crippen MR) is 75.0 cm³/mol. The second-order valence-electron chi connectivity index (χ2n) is 4.83. The van der Waals surface area contributed by atoms with Gasteiger partial charge in [0.15, 0.2) is 11.6 Å². The Hall–Kier alpha value is -2.34. The fourth-order valence-corrected chi connectivity index (χ4v) is 2.44. The summed E-state index contributed by atoms with van der Waals surface area (Å²) in [6.45, 7) is 1.54. The van der Waals surface area contributed by atoms with E-state index >= 15 is 0 Å². The number of halogens is 2. The van der Waals surface area contributed by atoms with Crippen molar-refractivity contribution in [2.75, 3.05) is 7.05 Å². The molecule has 108 valence electrons. The van der Waals surface area contributed by atoms with Crippen molar-refractivity contribution in [1.82, 2.24) is 19.9 Å². The molecule has 1 atom stereocenters. The average Bonchev–Trinajstić information content (AvgIpc) is 2.92. The quantitative estimate of drug-likeness (QED) is 0.805.